The van der Waals surface area contributed by atoms with Crippen LogP contribution in [0.1, 0.15) is 6.92 Å². The lowest BCUT2D eigenvalue weighted by Crippen LogP contribution is -2.34. The molecule has 0 saturated carbocycles. The van der Waals surface area contributed by atoms with Gasteiger partial charge < -0.3 is 10.6 Å². The molecule has 0 bridgehead atoms. The van der Waals surface area contributed by atoms with Gasteiger partial charge in [-0.3, -0.25) is 4.79 Å². The van der Waals surface area contributed by atoms with Crippen LogP contribution in [-0.4, -0.2) is 25.5 Å². The van der Waals surface area contributed by atoms with E-state index in [2.05, 4.69) is 23.5 Å². The summed E-state index contributed by atoms with van der Waals surface area (Å²) < 4.78 is 0. The fourth-order valence-electron chi connectivity index (χ4n) is 1.43. The summed E-state index contributed by atoms with van der Waals surface area (Å²) in [5.74, 6) is 2.97. The quantitative estimate of drug-likeness (QED) is 0.548. The molecule has 3 nitrogen and oxygen atoms in total. The smallest absolute Gasteiger partial charge is 0.225 e. The number of hydrogen-bond donors (Lipinski definition) is 2. The van der Waals surface area contributed by atoms with E-state index in [1.165, 1.54) is 0 Å². The Morgan fingerprint density at radius 1 is 1.75 bits per heavy atom. The zero-order valence-electron chi connectivity index (χ0n) is 7.26. The van der Waals surface area contributed by atoms with Gasteiger partial charge in [-0.2, -0.15) is 0 Å². The van der Waals surface area contributed by atoms with Crippen LogP contribution < -0.4 is 10.6 Å². The SMILES string of the molecule is C#CCNC(=O)C1CNCC1C. The van der Waals surface area contributed by atoms with Gasteiger partial charge in [0.15, 0.2) is 0 Å². The number of nitrogens with one attached hydrogen (secondary N) is 2. The topological polar surface area (TPSA) is 41.1 Å². The van der Waals surface area contributed by atoms with Crippen LogP contribution in [0.15, 0.2) is 0 Å². The average molecular weight is 166 g/mol. The summed E-state index contributed by atoms with van der Waals surface area (Å²) in [4.78, 5) is 11.4. The van der Waals surface area contributed by atoms with Crippen molar-refractivity contribution < 1.29 is 4.79 Å². The highest BCUT2D eigenvalue weighted by Gasteiger charge is 2.28. The first-order valence-corrected chi connectivity index (χ1v) is 4.17. The molecule has 12 heavy (non-hydrogen) atoms. The molecule has 2 N–H and O–H groups in total. The second-order valence-electron chi connectivity index (χ2n) is 3.16. The van der Waals surface area contributed by atoms with E-state index in [1.54, 1.807) is 0 Å². The lowest BCUT2D eigenvalue weighted by molar-refractivity contribution is -0.125. The van der Waals surface area contributed by atoms with Crippen LogP contribution in [0.4, 0.5) is 0 Å². The molecule has 0 aromatic rings. The summed E-state index contributed by atoms with van der Waals surface area (Å²) in [5, 5.41) is 5.86. The molecule has 1 rings (SSSR count). The predicted octanol–water partition coefficient (Wildman–Crippen LogP) is -0.409. The van der Waals surface area contributed by atoms with Gasteiger partial charge in [0.2, 0.25) is 5.91 Å². The van der Waals surface area contributed by atoms with E-state index in [0.29, 0.717) is 12.5 Å². The summed E-state index contributed by atoms with van der Waals surface area (Å²) in [6.07, 6.45) is 5.03. The van der Waals surface area contributed by atoms with E-state index in [4.69, 9.17) is 6.42 Å². The predicted molar refractivity (Wildman–Crippen MR) is 47.4 cm³/mol. The number of terminal acetylenes is 1. The first kappa shape index (κ1) is 9.08. The molecule has 0 aliphatic carbocycles. The van der Waals surface area contributed by atoms with Gasteiger partial charge in [0.05, 0.1) is 12.5 Å². The highest BCUT2D eigenvalue weighted by molar-refractivity contribution is 5.79. The molecule has 1 fully saturated rings. The van der Waals surface area contributed by atoms with Crippen molar-refractivity contribution in [1.82, 2.24) is 10.6 Å². The molecule has 2 atom stereocenters. The molecule has 3 heteroatoms. The van der Waals surface area contributed by atoms with Crippen molar-refractivity contribution >= 4 is 5.91 Å². The summed E-state index contributed by atoms with van der Waals surface area (Å²) in [6, 6.07) is 0. The minimum absolute atomic E-state index is 0.0745. The zero-order valence-corrected chi connectivity index (χ0v) is 7.26. The standard InChI is InChI=1S/C9H14N2O/c1-3-4-11-9(12)8-6-10-5-7(8)2/h1,7-8,10H,4-6H2,2H3,(H,11,12). The van der Waals surface area contributed by atoms with Crippen molar-refractivity contribution in [2.24, 2.45) is 11.8 Å². The number of amides is 1. The van der Waals surface area contributed by atoms with E-state index in [9.17, 15) is 4.79 Å². The molecule has 0 aromatic carbocycles. The van der Waals surface area contributed by atoms with Crippen molar-refractivity contribution in [3.8, 4) is 12.3 Å². The van der Waals surface area contributed by atoms with Crippen molar-refractivity contribution in [2.45, 2.75) is 6.92 Å². The fraction of sp³-hybridized carbons (Fsp3) is 0.667. The number of carbonyl (C=O) groups excluding carboxylic acids is 1. The van der Waals surface area contributed by atoms with E-state index < -0.39 is 0 Å². The molecular weight excluding hydrogens is 152 g/mol. The normalized spacial score (nSPS) is 28.0. The maximum atomic E-state index is 11.4. The summed E-state index contributed by atoms with van der Waals surface area (Å²) >= 11 is 0. The molecule has 1 aliphatic rings. The van der Waals surface area contributed by atoms with Crippen LogP contribution in [0.2, 0.25) is 0 Å². The first-order chi connectivity index (χ1) is 5.75. The second-order valence-corrected chi connectivity index (χ2v) is 3.16. The lowest BCUT2D eigenvalue weighted by Gasteiger charge is -2.12. The highest BCUT2D eigenvalue weighted by Crippen LogP contribution is 2.15. The lowest BCUT2D eigenvalue weighted by atomic mass is 9.97. The van der Waals surface area contributed by atoms with Gasteiger partial charge in [0, 0.05) is 6.54 Å². The van der Waals surface area contributed by atoms with Gasteiger partial charge in [0.25, 0.3) is 0 Å². The Morgan fingerprint density at radius 3 is 3.00 bits per heavy atom. The Morgan fingerprint density at radius 2 is 2.50 bits per heavy atom. The maximum Gasteiger partial charge on any atom is 0.225 e. The Balaban J connectivity index is 2.37. The molecule has 0 radical (unpaired) electrons. The fourth-order valence-corrected chi connectivity index (χ4v) is 1.43. The largest absolute Gasteiger partial charge is 0.345 e. The van der Waals surface area contributed by atoms with Gasteiger partial charge in [-0.1, -0.05) is 12.8 Å². The number of rotatable bonds is 2. The van der Waals surface area contributed by atoms with E-state index in [1.807, 2.05) is 0 Å². The van der Waals surface area contributed by atoms with Crippen molar-refractivity contribution in [2.75, 3.05) is 19.6 Å². The second kappa shape index (κ2) is 4.13. The van der Waals surface area contributed by atoms with Gasteiger partial charge in [-0.05, 0) is 12.5 Å². The van der Waals surface area contributed by atoms with Gasteiger partial charge in [0.1, 0.15) is 0 Å². The van der Waals surface area contributed by atoms with Crippen LogP contribution in [0, 0.1) is 24.2 Å². The van der Waals surface area contributed by atoms with Crippen LogP contribution in [0.25, 0.3) is 0 Å². The summed E-state index contributed by atoms with van der Waals surface area (Å²) in [5.41, 5.74) is 0. The summed E-state index contributed by atoms with van der Waals surface area (Å²) in [6.45, 7) is 4.11. The molecule has 2 unspecified atom stereocenters. The minimum atomic E-state index is 0.0745. The third-order valence-electron chi connectivity index (χ3n) is 2.22. The van der Waals surface area contributed by atoms with E-state index >= 15 is 0 Å². The van der Waals surface area contributed by atoms with Crippen LogP contribution >= 0.6 is 0 Å². The molecule has 1 saturated heterocycles. The Hall–Kier alpha value is -1.01. The molecule has 1 heterocycles. The molecule has 0 spiro atoms. The van der Waals surface area contributed by atoms with Crippen LogP contribution in [0.3, 0.4) is 0 Å². The Labute approximate surface area is 72.9 Å². The first-order valence-electron chi connectivity index (χ1n) is 4.17. The van der Waals surface area contributed by atoms with Crippen molar-refractivity contribution in [3.05, 3.63) is 0 Å². The minimum Gasteiger partial charge on any atom is -0.345 e. The summed E-state index contributed by atoms with van der Waals surface area (Å²) in [7, 11) is 0. The molecular formula is C9H14N2O. The molecule has 66 valence electrons. The van der Waals surface area contributed by atoms with Crippen molar-refractivity contribution in [1.29, 1.82) is 0 Å². The third kappa shape index (κ3) is 1.99. The van der Waals surface area contributed by atoms with Gasteiger partial charge >= 0.3 is 0 Å². The molecule has 1 amide bonds. The maximum absolute atomic E-state index is 11.4. The van der Waals surface area contributed by atoms with E-state index in [0.717, 1.165) is 13.1 Å². The van der Waals surface area contributed by atoms with Crippen LogP contribution in [-0.2, 0) is 4.79 Å². The monoisotopic (exact) mass is 166 g/mol. The van der Waals surface area contributed by atoms with Crippen molar-refractivity contribution in [3.63, 3.8) is 0 Å². The Kier molecular flexibility index (Phi) is 3.12. The number of carbonyl (C=O) groups is 1. The number of hydrogen-bond acceptors (Lipinski definition) is 2. The average Bonchev–Trinajstić information content (AvgIpc) is 2.47. The Bertz CT molecular complexity index is 207. The molecule has 0 aromatic heterocycles. The van der Waals surface area contributed by atoms with Crippen LogP contribution in [0.5, 0.6) is 0 Å². The molecule has 1 aliphatic heterocycles. The zero-order chi connectivity index (χ0) is 8.97. The van der Waals surface area contributed by atoms with E-state index in [-0.39, 0.29) is 11.8 Å². The highest BCUT2D eigenvalue weighted by atomic mass is 16.1. The third-order valence-corrected chi connectivity index (χ3v) is 2.22. The van der Waals surface area contributed by atoms with Gasteiger partial charge in [-0.25, -0.2) is 0 Å². The van der Waals surface area contributed by atoms with Gasteiger partial charge in [-0.15, -0.1) is 6.42 Å².